The predicted octanol–water partition coefficient (Wildman–Crippen LogP) is 2.28. The molecule has 0 atom stereocenters. The van der Waals surface area contributed by atoms with E-state index >= 15 is 0 Å². The Morgan fingerprint density at radius 2 is 1.94 bits per heavy atom. The molecule has 0 aromatic carbocycles. The van der Waals surface area contributed by atoms with Crippen LogP contribution in [0.2, 0.25) is 0 Å². The van der Waals surface area contributed by atoms with Gasteiger partial charge in [-0.05, 0) is 26.2 Å². The molecular weight excluding hydrogens is 286 g/mol. The smallest absolute Gasteiger partial charge is 0.228 e. The molecule has 0 aromatic heterocycles. The lowest BCUT2D eigenvalue weighted by Crippen LogP contribution is -2.25. The highest BCUT2D eigenvalue weighted by Crippen LogP contribution is 2.13. The van der Waals surface area contributed by atoms with Gasteiger partial charge in [0.15, 0.2) is 0 Å². The van der Waals surface area contributed by atoms with Crippen molar-refractivity contribution >= 4 is 28.1 Å². The summed E-state index contributed by atoms with van der Waals surface area (Å²) in [6, 6.07) is 0. The highest BCUT2D eigenvalue weighted by atomic mass is 79.9. The third kappa shape index (κ3) is 18.2. The molecule has 0 radical (unpaired) electrons. The second kappa shape index (κ2) is 10.7. The Bertz CT molecular complexity index is 218. The van der Waals surface area contributed by atoms with Gasteiger partial charge in [0.05, 0.1) is 10.9 Å². The summed E-state index contributed by atoms with van der Waals surface area (Å²) in [5, 5.41) is 0.257. The maximum Gasteiger partial charge on any atom is 0.228 e. The van der Waals surface area contributed by atoms with Crippen molar-refractivity contribution < 1.29 is 14.3 Å². The van der Waals surface area contributed by atoms with Crippen LogP contribution in [-0.4, -0.2) is 29.7 Å². The van der Waals surface area contributed by atoms with Gasteiger partial charge in [-0.25, -0.2) is 0 Å². The van der Waals surface area contributed by atoms with E-state index in [1.807, 2.05) is 13.8 Å². The third-order valence-electron chi connectivity index (χ3n) is 1.89. The lowest BCUT2D eigenvalue weighted by Gasteiger charge is -2.23. The first-order valence-corrected chi connectivity index (χ1v) is 6.79. The van der Waals surface area contributed by atoms with E-state index in [0.717, 1.165) is 19.3 Å². The molecule has 17 heavy (non-hydrogen) atoms. The van der Waals surface area contributed by atoms with Crippen LogP contribution in [0.1, 0.15) is 40.5 Å². The zero-order chi connectivity index (χ0) is 13.9. The number of carbonyl (C=O) groups is 2. The topological polar surface area (TPSA) is 69.4 Å². The Labute approximate surface area is 112 Å². The Kier molecular flexibility index (Phi) is 11.9. The molecule has 1 amide bonds. The maximum atomic E-state index is 10.2. The van der Waals surface area contributed by atoms with Crippen molar-refractivity contribution in [3.05, 3.63) is 0 Å². The maximum absolute atomic E-state index is 10.2. The van der Waals surface area contributed by atoms with Gasteiger partial charge in [0, 0.05) is 13.0 Å². The van der Waals surface area contributed by atoms with Crippen LogP contribution in [0.5, 0.6) is 0 Å². The van der Waals surface area contributed by atoms with Gasteiger partial charge in [-0.1, -0.05) is 29.8 Å². The van der Waals surface area contributed by atoms with E-state index in [2.05, 4.69) is 35.5 Å². The fourth-order valence-corrected chi connectivity index (χ4v) is 0.831. The number of halogens is 1. The zero-order valence-corrected chi connectivity index (χ0v) is 12.7. The van der Waals surface area contributed by atoms with Crippen LogP contribution >= 0.6 is 15.9 Å². The molecular formula is C12H24BrNO3. The summed E-state index contributed by atoms with van der Waals surface area (Å²) in [6.45, 7) is 8.97. The summed E-state index contributed by atoms with van der Waals surface area (Å²) in [4.78, 5) is 19.8. The van der Waals surface area contributed by atoms with Crippen LogP contribution in [0.15, 0.2) is 0 Å². The van der Waals surface area contributed by atoms with Crippen molar-refractivity contribution in [2.45, 2.75) is 46.1 Å². The number of nitrogens with two attached hydrogens (primary N) is 1. The Morgan fingerprint density at radius 3 is 2.24 bits per heavy atom. The molecule has 4 nitrogen and oxygen atoms in total. The van der Waals surface area contributed by atoms with Crippen LogP contribution in [0.4, 0.5) is 0 Å². The molecule has 0 aliphatic heterocycles. The number of hydrogen-bond donors (Lipinski definition) is 1. The van der Waals surface area contributed by atoms with E-state index in [-0.39, 0.29) is 16.8 Å². The second-order valence-electron chi connectivity index (χ2n) is 4.76. The molecule has 0 spiro atoms. The third-order valence-corrected chi connectivity index (χ3v) is 2.45. The Hall–Kier alpha value is -0.420. The number of ether oxygens (including phenoxy) is 1. The number of alkyl halides is 1. The van der Waals surface area contributed by atoms with Crippen molar-refractivity contribution in [1.29, 1.82) is 0 Å². The summed E-state index contributed by atoms with van der Waals surface area (Å²) in [7, 11) is 0. The molecule has 0 heterocycles. The number of aldehydes is 1. The highest BCUT2D eigenvalue weighted by Gasteiger charge is 2.17. The first kappa shape index (κ1) is 18.9. The van der Waals surface area contributed by atoms with Crippen molar-refractivity contribution in [3.8, 4) is 0 Å². The van der Waals surface area contributed by atoms with Gasteiger partial charge < -0.3 is 15.3 Å². The van der Waals surface area contributed by atoms with Gasteiger partial charge in [0.25, 0.3) is 0 Å². The number of carbonyl (C=O) groups excluding carboxylic acids is 2. The lowest BCUT2D eigenvalue weighted by atomic mass is 10.1. The normalized spacial score (nSPS) is 10.7. The molecule has 0 saturated carbocycles. The van der Waals surface area contributed by atoms with Gasteiger partial charge in [0.1, 0.15) is 6.29 Å². The molecule has 0 aliphatic carbocycles. The summed E-state index contributed by atoms with van der Waals surface area (Å²) in [6.07, 6.45) is 2.45. The first-order chi connectivity index (χ1) is 7.75. The summed E-state index contributed by atoms with van der Waals surface area (Å²) >= 11 is 2.84. The number of hydrogen-bond acceptors (Lipinski definition) is 3. The van der Waals surface area contributed by atoms with Crippen molar-refractivity contribution in [2.75, 3.05) is 11.9 Å². The molecule has 0 saturated heterocycles. The van der Waals surface area contributed by atoms with Crippen LogP contribution in [0.25, 0.3) is 0 Å². The van der Waals surface area contributed by atoms with Gasteiger partial charge in [0.2, 0.25) is 5.91 Å². The van der Waals surface area contributed by atoms with Gasteiger partial charge in [-0.2, -0.15) is 0 Å². The molecule has 0 aliphatic rings. The molecule has 0 fully saturated rings. The van der Waals surface area contributed by atoms with Gasteiger partial charge >= 0.3 is 0 Å². The highest BCUT2D eigenvalue weighted by molar-refractivity contribution is 9.09. The SMILES string of the molecule is CC(C)CCOC(C)(C)CC=O.NC(=O)CBr. The molecule has 0 unspecified atom stereocenters. The quantitative estimate of drug-likeness (QED) is 0.579. The van der Waals surface area contributed by atoms with Crippen LogP contribution in [0.3, 0.4) is 0 Å². The van der Waals surface area contributed by atoms with E-state index in [0.29, 0.717) is 12.3 Å². The average Bonchev–Trinajstić information content (AvgIpc) is 2.17. The summed E-state index contributed by atoms with van der Waals surface area (Å²) in [5.74, 6) is 0.335. The van der Waals surface area contributed by atoms with Gasteiger partial charge in [-0.15, -0.1) is 0 Å². The summed E-state index contributed by atoms with van der Waals surface area (Å²) < 4.78 is 5.55. The van der Waals surface area contributed by atoms with Gasteiger partial charge in [-0.3, -0.25) is 4.79 Å². The average molecular weight is 310 g/mol. The standard InChI is InChI=1S/C10H20O2.C2H4BrNO/c1-9(2)5-8-12-10(3,4)6-7-11;3-1-2(4)5/h7,9H,5-6,8H2,1-4H3;1H2,(H2,4,5). The van der Waals surface area contributed by atoms with Crippen LogP contribution < -0.4 is 5.73 Å². The molecule has 102 valence electrons. The van der Waals surface area contributed by atoms with E-state index in [1.54, 1.807) is 0 Å². The van der Waals surface area contributed by atoms with E-state index in [4.69, 9.17) is 4.74 Å². The summed E-state index contributed by atoms with van der Waals surface area (Å²) in [5.41, 5.74) is 4.32. The van der Waals surface area contributed by atoms with Crippen molar-refractivity contribution in [1.82, 2.24) is 0 Å². The minimum Gasteiger partial charge on any atom is -0.375 e. The molecule has 0 aromatic rings. The van der Waals surface area contributed by atoms with Crippen LogP contribution in [-0.2, 0) is 14.3 Å². The minimum atomic E-state index is -0.329. The molecule has 5 heteroatoms. The second-order valence-corrected chi connectivity index (χ2v) is 5.32. The molecule has 0 rings (SSSR count). The fraction of sp³-hybridized carbons (Fsp3) is 0.833. The van der Waals surface area contributed by atoms with E-state index < -0.39 is 0 Å². The number of amides is 1. The Balaban J connectivity index is 0. The lowest BCUT2D eigenvalue weighted by molar-refractivity contribution is -0.115. The Morgan fingerprint density at radius 1 is 1.47 bits per heavy atom. The number of rotatable bonds is 7. The van der Waals surface area contributed by atoms with E-state index in [9.17, 15) is 9.59 Å². The minimum absolute atomic E-state index is 0.257. The van der Waals surface area contributed by atoms with Crippen molar-refractivity contribution in [3.63, 3.8) is 0 Å². The predicted molar refractivity (Wildman–Crippen MR) is 73.2 cm³/mol. The number of primary amides is 1. The first-order valence-electron chi connectivity index (χ1n) is 5.67. The van der Waals surface area contributed by atoms with E-state index in [1.165, 1.54) is 0 Å². The largest absolute Gasteiger partial charge is 0.375 e. The molecule has 2 N–H and O–H groups in total. The fourth-order valence-electron chi connectivity index (χ4n) is 0.831. The monoisotopic (exact) mass is 309 g/mol. The van der Waals surface area contributed by atoms with Crippen molar-refractivity contribution in [2.24, 2.45) is 11.7 Å². The zero-order valence-electron chi connectivity index (χ0n) is 11.2. The molecule has 0 bridgehead atoms. The van der Waals surface area contributed by atoms with Crippen LogP contribution in [0, 0.1) is 5.92 Å².